The van der Waals surface area contributed by atoms with Crippen molar-refractivity contribution < 1.29 is 9.53 Å². The molecule has 0 radical (unpaired) electrons. The van der Waals surface area contributed by atoms with Gasteiger partial charge in [0.2, 0.25) is 5.91 Å². The number of nitrogens with zero attached hydrogens (tertiary/aromatic N) is 3. The summed E-state index contributed by atoms with van der Waals surface area (Å²) in [6.45, 7) is 1.17. The molecule has 0 spiro atoms. The molecule has 0 bridgehead atoms. The van der Waals surface area contributed by atoms with Crippen molar-refractivity contribution in [3.05, 3.63) is 11.3 Å². The molecule has 1 aromatic heterocycles. The summed E-state index contributed by atoms with van der Waals surface area (Å²) in [7, 11) is 0. The zero-order chi connectivity index (χ0) is 12.4. The van der Waals surface area contributed by atoms with Crippen LogP contribution in [-0.2, 0) is 9.53 Å². The zero-order valence-electron chi connectivity index (χ0n) is 8.97. The molecule has 0 saturated carbocycles. The molecular formula is C9H12ClN5O2. The van der Waals surface area contributed by atoms with Gasteiger partial charge in [0, 0.05) is 6.54 Å². The first-order valence-electron chi connectivity index (χ1n) is 5.01. The topological polar surface area (TPSA) is 107 Å². The highest BCUT2D eigenvalue weighted by Gasteiger charge is 2.30. The summed E-state index contributed by atoms with van der Waals surface area (Å²) in [5.41, 5.74) is 10.9. The molecule has 1 unspecified atom stereocenters. The van der Waals surface area contributed by atoms with E-state index in [9.17, 15) is 4.79 Å². The summed E-state index contributed by atoms with van der Waals surface area (Å²) < 4.78 is 5.20. The molecule has 92 valence electrons. The molecule has 7 nitrogen and oxygen atoms in total. The largest absolute Gasteiger partial charge is 0.382 e. The number of hydrogen-bond acceptors (Lipinski definition) is 6. The van der Waals surface area contributed by atoms with E-state index in [4.69, 9.17) is 27.8 Å². The van der Waals surface area contributed by atoms with Gasteiger partial charge in [0.15, 0.2) is 5.82 Å². The highest BCUT2D eigenvalue weighted by molar-refractivity contribution is 6.35. The van der Waals surface area contributed by atoms with Gasteiger partial charge in [-0.25, -0.2) is 9.97 Å². The monoisotopic (exact) mass is 257 g/mol. The molecule has 2 heterocycles. The number of ether oxygens (including phenoxy) is 1. The lowest BCUT2D eigenvalue weighted by Crippen LogP contribution is -2.53. The molecule has 17 heavy (non-hydrogen) atoms. The molecule has 8 heteroatoms. The first kappa shape index (κ1) is 11.9. The third kappa shape index (κ3) is 2.25. The second-order valence-electron chi connectivity index (χ2n) is 3.58. The highest BCUT2D eigenvalue weighted by Crippen LogP contribution is 2.29. The van der Waals surface area contributed by atoms with Crippen LogP contribution in [0.3, 0.4) is 0 Å². The molecule has 1 saturated heterocycles. The van der Waals surface area contributed by atoms with Crippen LogP contribution in [0, 0.1) is 0 Å². The molecule has 0 aromatic carbocycles. The van der Waals surface area contributed by atoms with E-state index in [0.29, 0.717) is 19.0 Å². The maximum atomic E-state index is 11.3. The summed E-state index contributed by atoms with van der Waals surface area (Å²) in [6.07, 6.45) is 1.30. The van der Waals surface area contributed by atoms with E-state index in [0.717, 1.165) is 0 Å². The maximum Gasteiger partial charge on any atom is 0.242 e. The standard InChI is InChI=1S/C9H12ClN5O2/c10-6-7(11)13-4-14-9(6)15-1-2-17-3-5(15)8(12)16/h4-5H,1-3H2,(H2,12,16)(H2,11,13,14). The Morgan fingerprint density at radius 1 is 1.59 bits per heavy atom. The average molecular weight is 258 g/mol. The van der Waals surface area contributed by atoms with E-state index < -0.39 is 11.9 Å². The van der Waals surface area contributed by atoms with Gasteiger partial charge < -0.3 is 21.1 Å². The SMILES string of the molecule is NC(=O)C1COCCN1c1ncnc(N)c1Cl. The minimum absolute atomic E-state index is 0.173. The number of primary amides is 1. The van der Waals surface area contributed by atoms with E-state index in [2.05, 4.69) is 9.97 Å². The molecule has 0 aliphatic carbocycles. The maximum absolute atomic E-state index is 11.3. The lowest BCUT2D eigenvalue weighted by Gasteiger charge is -2.34. The normalized spacial score (nSPS) is 20.3. The Morgan fingerprint density at radius 2 is 2.35 bits per heavy atom. The summed E-state index contributed by atoms with van der Waals surface area (Å²) in [5.74, 6) is 0.0931. The number of hydrogen-bond donors (Lipinski definition) is 2. The summed E-state index contributed by atoms with van der Waals surface area (Å²) >= 11 is 6.01. The zero-order valence-corrected chi connectivity index (χ0v) is 9.72. The number of amides is 1. The summed E-state index contributed by atoms with van der Waals surface area (Å²) in [4.78, 5) is 20.8. The van der Waals surface area contributed by atoms with Gasteiger partial charge in [-0.3, -0.25) is 4.79 Å². The van der Waals surface area contributed by atoms with E-state index in [1.807, 2.05) is 0 Å². The Kier molecular flexibility index (Phi) is 3.30. The third-order valence-electron chi connectivity index (χ3n) is 2.53. The fourth-order valence-corrected chi connectivity index (χ4v) is 1.87. The van der Waals surface area contributed by atoms with Crippen molar-refractivity contribution in [1.82, 2.24) is 9.97 Å². The van der Waals surface area contributed by atoms with E-state index in [1.165, 1.54) is 6.33 Å². The first-order valence-corrected chi connectivity index (χ1v) is 5.38. The Hall–Kier alpha value is -1.60. The predicted molar refractivity (Wildman–Crippen MR) is 62.6 cm³/mol. The number of halogens is 1. The Bertz CT molecular complexity index is 441. The van der Waals surface area contributed by atoms with Crippen LogP contribution in [0.1, 0.15) is 0 Å². The van der Waals surface area contributed by atoms with Crippen LogP contribution in [0.5, 0.6) is 0 Å². The van der Waals surface area contributed by atoms with E-state index >= 15 is 0 Å². The number of anilines is 2. The number of aromatic nitrogens is 2. The van der Waals surface area contributed by atoms with Crippen molar-refractivity contribution in [2.75, 3.05) is 30.4 Å². The van der Waals surface area contributed by atoms with Gasteiger partial charge >= 0.3 is 0 Å². The fraction of sp³-hybridized carbons (Fsp3) is 0.444. The van der Waals surface area contributed by atoms with Gasteiger partial charge in [0.05, 0.1) is 13.2 Å². The van der Waals surface area contributed by atoms with Crippen LogP contribution in [0.4, 0.5) is 11.6 Å². The molecule has 1 aromatic rings. The summed E-state index contributed by atoms with van der Waals surface area (Å²) in [5, 5.41) is 0.223. The Morgan fingerprint density at radius 3 is 3.06 bits per heavy atom. The van der Waals surface area contributed by atoms with Crippen LogP contribution in [0.15, 0.2) is 6.33 Å². The van der Waals surface area contributed by atoms with Crippen LogP contribution in [0.25, 0.3) is 0 Å². The molecule has 1 aliphatic heterocycles. The minimum atomic E-state index is -0.587. The number of nitrogen functional groups attached to an aromatic ring is 1. The Balaban J connectivity index is 2.36. The van der Waals surface area contributed by atoms with Crippen molar-refractivity contribution >= 4 is 29.1 Å². The number of rotatable bonds is 2. The van der Waals surface area contributed by atoms with E-state index in [1.54, 1.807) is 4.90 Å². The molecule has 4 N–H and O–H groups in total. The van der Waals surface area contributed by atoms with Crippen LogP contribution in [0.2, 0.25) is 5.02 Å². The molecule has 1 aliphatic rings. The molecule has 1 fully saturated rings. The predicted octanol–water partition coefficient (Wildman–Crippen LogP) is -0.597. The van der Waals surface area contributed by atoms with Crippen LogP contribution < -0.4 is 16.4 Å². The van der Waals surface area contributed by atoms with Crippen molar-refractivity contribution in [2.24, 2.45) is 5.73 Å². The smallest absolute Gasteiger partial charge is 0.242 e. The molecule has 1 atom stereocenters. The van der Waals surface area contributed by atoms with Gasteiger partial charge in [-0.2, -0.15) is 0 Å². The van der Waals surface area contributed by atoms with E-state index in [-0.39, 0.29) is 17.4 Å². The number of carbonyl (C=O) groups is 1. The summed E-state index contributed by atoms with van der Waals surface area (Å²) in [6, 6.07) is -0.587. The molecule has 1 amide bonds. The van der Waals surface area contributed by atoms with Gasteiger partial charge in [-0.15, -0.1) is 0 Å². The second-order valence-corrected chi connectivity index (χ2v) is 3.96. The van der Waals surface area contributed by atoms with Crippen molar-refractivity contribution in [3.8, 4) is 0 Å². The van der Waals surface area contributed by atoms with Gasteiger partial charge in [0.25, 0.3) is 0 Å². The van der Waals surface area contributed by atoms with Gasteiger partial charge in [-0.1, -0.05) is 11.6 Å². The van der Waals surface area contributed by atoms with Gasteiger partial charge in [-0.05, 0) is 0 Å². The van der Waals surface area contributed by atoms with Crippen molar-refractivity contribution in [2.45, 2.75) is 6.04 Å². The van der Waals surface area contributed by atoms with Crippen LogP contribution >= 0.6 is 11.6 Å². The Labute approximate surface area is 103 Å². The second kappa shape index (κ2) is 4.72. The van der Waals surface area contributed by atoms with Crippen molar-refractivity contribution in [3.63, 3.8) is 0 Å². The lowest BCUT2D eigenvalue weighted by molar-refractivity contribution is -0.121. The fourth-order valence-electron chi connectivity index (χ4n) is 1.67. The van der Waals surface area contributed by atoms with Crippen LogP contribution in [-0.4, -0.2) is 41.7 Å². The first-order chi connectivity index (χ1) is 8.11. The number of carbonyl (C=O) groups excluding carboxylic acids is 1. The third-order valence-corrected chi connectivity index (χ3v) is 2.89. The number of morpholine rings is 1. The molecule has 2 rings (SSSR count). The van der Waals surface area contributed by atoms with Crippen molar-refractivity contribution in [1.29, 1.82) is 0 Å². The average Bonchev–Trinajstić information content (AvgIpc) is 2.33. The lowest BCUT2D eigenvalue weighted by atomic mass is 10.2. The minimum Gasteiger partial charge on any atom is -0.382 e. The molecular weight excluding hydrogens is 246 g/mol. The van der Waals surface area contributed by atoms with Gasteiger partial charge in [0.1, 0.15) is 23.2 Å². The quantitative estimate of drug-likeness (QED) is 0.733. The highest BCUT2D eigenvalue weighted by atomic mass is 35.5. The number of nitrogens with two attached hydrogens (primary N) is 2.